The van der Waals surface area contributed by atoms with E-state index in [1.54, 1.807) is 18.3 Å². The Kier molecular flexibility index (Phi) is 6.50. The van der Waals surface area contributed by atoms with Gasteiger partial charge in [-0.05, 0) is 60.3 Å². The molecule has 0 bridgehead atoms. The number of aliphatic hydroxyl groups is 1. The van der Waals surface area contributed by atoms with Gasteiger partial charge in [0.25, 0.3) is 0 Å². The van der Waals surface area contributed by atoms with E-state index >= 15 is 0 Å². The molecule has 28 heavy (non-hydrogen) atoms. The normalized spacial score (nSPS) is 36.2. The van der Waals surface area contributed by atoms with Crippen LogP contribution in [-0.4, -0.2) is 29.1 Å². The Morgan fingerprint density at radius 1 is 1.36 bits per heavy atom. The number of rotatable bonds is 5. The van der Waals surface area contributed by atoms with Crippen molar-refractivity contribution < 1.29 is 14.7 Å². The van der Waals surface area contributed by atoms with Crippen molar-refractivity contribution >= 4 is 23.2 Å². The highest BCUT2D eigenvalue weighted by Gasteiger charge is 2.53. The Morgan fingerprint density at radius 3 is 2.71 bits per heavy atom. The lowest BCUT2D eigenvalue weighted by molar-refractivity contribution is -0.143. The molecule has 2 aliphatic carbocycles. The predicted octanol–water partition coefficient (Wildman–Crippen LogP) is 3.33. The first-order valence-electron chi connectivity index (χ1n) is 10.5. The maximum atomic E-state index is 12.7. The second-order valence-corrected chi connectivity index (χ2v) is 10.2. The molecule has 2 fully saturated rings. The van der Waals surface area contributed by atoms with E-state index in [1.807, 2.05) is 24.4 Å². The first-order chi connectivity index (χ1) is 13.2. The molecule has 1 aromatic heterocycles. The van der Waals surface area contributed by atoms with Crippen molar-refractivity contribution in [2.45, 2.75) is 72.1 Å². The lowest BCUT2D eigenvalue weighted by atomic mass is 9.51. The number of hydrogen-bond acceptors (Lipinski definition) is 4. The van der Waals surface area contributed by atoms with Crippen molar-refractivity contribution in [2.75, 3.05) is 0 Å². The molecule has 0 aliphatic heterocycles. The van der Waals surface area contributed by atoms with Crippen molar-refractivity contribution in [1.29, 1.82) is 0 Å². The van der Waals surface area contributed by atoms with Crippen molar-refractivity contribution in [1.82, 2.24) is 10.6 Å². The van der Waals surface area contributed by atoms with Crippen LogP contribution < -0.4 is 10.6 Å². The fourth-order valence-corrected chi connectivity index (χ4v) is 6.35. The van der Waals surface area contributed by atoms with Gasteiger partial charge in [-0.2, -0.15) is 0 Å². The van der Waals surface area contributed by atoms with Crippen LogP contribution in [0.5, 0.6) is 0 Å². The maximum Gasteiger partial charge on any atom is 0.223 e. The van der Waals surface area contributed by atoms with Crippen LogP contribution in [0.15, 0.2) is 17.5 Å². The number of nitrogens with one attached hydrogen (secondary N) is 2. The molecular formula is C22H34N2O3S. The van der Waals surface area contributed by atoms with Crippen LogP contribution >= 0.6 is 11.3 Å². The molecule has 6 heteroatoms. The summed E-state index contributed by atoms with van der Waals surface area (Å²) in [4.78, 5) is 25.5. The molecule has 2 amide bonds. The molecule has 0 spiro atoms. The number of thiophene rings is 1. The third kappa shape index (κ3) is 4.28. The molecule has 2 saturated carbocycles. The van der Waals surface area contributed by atoms with Crippen molar-refractivity contribution in [3.8, 4) is 0 Å². The Balaban J connectivity index is 1.68. The number of carbonyl (C=O) groups is 2. The highest BCUT2D eigenvalue weighted by Crippen LogP contribution is 2.55. The van der Waals surface area contributed by atoms with E-state index in [1.165, 1.54) is 0 Å². The molecule has 0 aromatic carbocycles. The second kappa shape index (κ2) is 8.54. The first kappa shape index (κ1) is 21.3. The van der Waals surface area contributed by atoms with Crippen molar-refractivity contribution in [3.05, 3.63) is 22.4 Å². The lowest BCUT2D eigenvalue weighted by Gasteiger charge is -2.56. The van der Waals surface area contributed by atoms with E-state index in [9.17, 15) is 14.7 Å². The van der Waals surface area contributed by atoms with E-state index in [2.05, 4.69) is 24.5 Å². The topological polar surface area (TPSA) is 78.4 Å². The van der Waals surface area contributed by atoms with Crippen LogP contribution in [0.3, 0.4) is 0 Å². The smallest absolute Gasteiger partial charge is 0.223 e. The van der Waals surface area contributed by atoms with Gasteiger partial charge in [-0.1, -0.05) is 26.8 Å². The van der Waals surface area contributed by atoms with Crippen LogP contribution in [0.25, 0.3) is 0 Å². The van der Waals surface area contributed by atoms with Gasteiger partial charge < -0.3 is 15.7 Å². The quantitative estimate of drug-likeness (QED) is 0.702. The van der Waals surface area contributed by atoms with E-state index in [0.717, 1.165) is 30.6 Å². The number of amides is 2. The molecule has 3 N–H and O–H groups in total. The summed E-state index contributed by atoms with van der Waals surface area (Å²) in [6, 6.07) is 4.10. The SMILES string of the molecule is CC(=O)N[C@H]1CC[C@]2(C)CCC([C@H](C)C(=O)NCc3cccs3)[C@H](O)[C@H]2[C@@H]1C. The highest BCUT2D eigenvalue weighted by atomic mass is 32.1. The molecule has 1 unspecified atom stereocenters. The fourth-order valence-electron chi connectivity index (χ4n) is 5.70. The summed E-state index contributed by atoms with van der Waals surface area (Å²) in [7, 11) is 0. The van der Waals surface area contributed by atoms with Gasteiger partial charge in [0.1, 0.15) is 0 Å². The third-order valence-electron chi connectivity index (χ3n) is 7.35. The standard InChI is InChI=1S/C22H34N2O3S/c1-13(21(27)23-12-16-6-5-11-28-16)17-7-9-22(4)10-8-18(24-15(3)25)14(2)19(22)20(17)26/h5-6,11,13-14,17-20,26H,7-10,12H2,1-4H3,(H,23,27)(H,24,25)/t13-,14+,17?,18-,19+,20-,22-/m0/s1. The minimum atomic E-state index is -0.521. The largest absolute Gasteiger partial charge is 0.392 e. The van der Waals surface area contributed by atoms with Gasteiger partial charge in [0.2, 0.25) is 11.8 Å². The van der Waals surface area contributed by atoms with Crippen molar-refractivity contribution in [3.63, 3.8) is 0 Å². The molecule has 156 valence electrons. The van der Waals surface area contributed by atoms with Gasteiger partial charge in [0.05, 0.1) is 12.6 Å². The van der Waals surface area contributed by atoms with Crippen LogP contribution in [0.4, 0.5) is 0 Å². The van der Waals surface area contributed by atoms with Crippen molar-refractivity contribution in [2.24, 2.45) is 29.1 Å². The predicted molar refractivity (Wildman–Crippen MR) is 112 cm³/mol. The van der Waals surface area contributed by atoms with Gasteiger partial charge in [-0.25, -0.2) is 0 Å². The van der Waals surface area contributed by atoms with Gasteiger partial charge in [-0.3, -0.25) is 9.59 Å². The molecule has 5 nitrogen and oxygen atoms in total. The van der Waals surface area contributed by atoms with E-state index in [0.29, 0.717) is 6.54 Å². The van der Waals surface area contributed by atoms with Crippen LogP contribution in [0.1, 0.15) is 58.3 Å². The summed E-state index contributed by atoms with van der Waals surface area (Å²) < 4.78 is 0. The summed E-state index contributed by atoms with van der Waals surface area (Å²) in [6.45, 7) is 8.47. The Morgan fingerprint density at radius 2 is 2.07 bits per heavy atom. The molecule has 1 heterocycles. The van der Waals surface area contributed by atoms with Gasteiger partial charge in [-0.15, -0.1) is 11.3 Å². The Hall–Kier alpha value is -1.40. The molecule has 3 rings (SSSR count). The zero-order valence-corrected chi connectivity index (χ0v) is 18.2. The average Bonchev–Trinajstić information content (AvgIpc) is 3.15. The van der Waals surface area contributed by atoms with E-state index in [-0.39, 0.29) is 46.9 Å². The number of aliphatic hydroxyl groups excluding tert-OH is 1. The highest BCUT2D eigenvalue weighted by molar-refractivity contribution is 7.09. The lowest BCUT2D eigenvalue weighted by Crippen LogP contribution is -2.58. The van der Waals surface area contributed by atoms with Gasteiger partial charge in [0, 0.05) is 23.8 Å². The van der Waals surface area contributed by atoms with Gasteiger partial charge in [0.15, 0.2) is 0 Å². The minimum Gasteiger partial charge on any atom is -0.392 e. The van der Waals surface area contributed by atoms with E-state index < -0.39 is 6.10 Å². The molecule has 0 radical (unpaired) electrons. The van der Waals surface area contributed by atoms with E-state index in [4.69, 9.17) is 0 Å². The Bertz CT molecular complexity index is 692. The monoisotopic (exact) mass is 406 g/mol. The summed E-state index contributed by atoms with van der Waals surface area (Å²) in [5, 5.41) is 19.4. The average molecular weight is 407 g/mol. The molecule has 1 aromatic rings. The molecular weight excluding hydrogens is 372 g/mol. The summed E-state index contributed by atoms with van der Waals surface area (Å²) in [5.74, 6) is 0.0329. The molecule has 0 saturated heterocycles. The maximum absolute atomic E-state index is 12.7. The number of fused-ring (bicyclic) bond motifs is 1. The summed E-state index contributed by atoms with van der Waals surface area (Å²) >= 11 is 1.63. The third-order valence-corrected chi connectivity index (χ3v) is 8.23. The number of carbonyl (C=O) groups excluding carboxylic acids is 2. The van der Waals surface area contributed by atoms with Crippen LogP contribution in [0, 0.1) is 29.1 Å². The van der Waals surface area contributed by atoms with Crippen LogP contribution in [-0.2, 0) is 16.1 Å². The minimum absolute atomic E-state index is 0.0105. The second-order valence-electron chi connectivity index (χ2n) is 9.16. The summed E-state index contributed by atoms with van der Waals surface area (Å²) in [5.41, 5.74) is 0.0808. The zero-order valence-electron chi connectivity index (χ0n) is 17.4. The number of hydrogen-bond donors (Lipinski definition) is 3. The first-order valence-corrected chi connectivity index (χ1v) is 11.4. The molecule has 2 aliphatic rings. The van der Waals surface area contributed by atoms with Crippen LogP contribution in [0.2, 0.25) is 0 Å². The van der Waals surface area contributed by atoms with Gasteiger partial charge >= 0.3 is 0 Å². The fraction of sp³-hybridized carbons (Fsp3) is 0.727. The molecule has 7 atom stereocenters. The zero-order chi connectivity index (χ0) is 20.5. The summed E-state index contributed by atoms with van der Waals surface area (Å²) in [6.07, 6.45) is 3.35. The Labute approximate surface area is 172 Å².